The molecule has 0 aliphatic carbocycles. The number of ether oxygens (including phenoxy) is 2. The maximum absolute atomic E-state index is 12.9. The highest BCUT2D eigenvalue weighted by atomic mass is 79.9. The first-order valence-corrected chi connectivity index (χ1v) is 9.87. The number of carbonyl (C=O) groups excluding carboxylic acids is 1. The number of aromatic nitrogens is 1. The van der Waals surface area contributed by atoms with Crippen LogP contribution >= 0.6 is 15.9 Å². The standard InChI is InChI=1S/C22H21BrN4O3/c1-29-19-9-16(10-20(12-19)30-2)21(28)27-22(25-14-15-5-4-8-24-13-15)26-18-7-3-6-17(23)11-18/h3-13H,14H2,1-2H3,(H2,25,26,27,28). The highest BCUT2D eigenvalue weighted by Gasteiger charge is 2.13. The van der Waals surface area contributed by atoms with Gasteiger partial charge in [-0.05, 0) is 42.0 Å². The molecule has 8 heteroatoms. The summed E-state index contributed by atoms with van der Waals surface area (Å²) in [6, 6.07) is 16.3. The van der Waals surface area contributed by atoms with E-state index in [1.54, 1.807) is 30.6 Å². The van der Waals surface area contributed by atoms with Crippen molar-refractivity contribution in [2.45, 2.75) is 6.54 Å². The third-order valence-electron chi connectivity index (χ3n) is 4.08. The zero-order valence-electron chi connectivity index (χ0n) is 16.6. The fraction of sp³-hybridized carbons (Fsp3) is 0.136. The minimum absolute atomic E-state index is 0.309. The molecule has 0 radical (unpaired) electrons. The Kier molecular flexibility index (Phi) is 7.40. The minimum Gasteiger partial charge on any atom is -0.497 e. The van der Waals surface area contributed by atoms with E-state index in [-0.39, 0.29) is 5.91 Å². The molecular formula is C22H21BrN4O3. The van der Waals surface area contributed by atoms with Gasteiger partial charge < -0.3 is 14.8 Å². The molecule has 3 rings (SSSR count). The van der Waals surface area contributed by atoms with Crippen LogP contribution in [0.3, 0.4) is 0 Å². The summed E-state index contributed by atoms with van der Waals surface area (Å²) in [5, 5.41) is 5.98. The number of halogens is 1. The molecule has 7 nitrogen and oxygen atoms in total. The van der Waals surface area contributed by atoms with Crippen LogP contribution in [0.15, 0.2) is 76.5 Å². The molecule has 1 amide bonds. The lowest BCUT2D eigenvalue weighted by Gasteiger charge is -2.13. The van der Waals surface area contributed by atoms with Crippen molar-refractivity contribution in [2.75, 3.05) is 19.5 Å². The van der Waals surface area contributed by atoms with E-state index in [0.29, 0.717) is 29.6 Å². The van der Waals surface area contributed by atoms with Crippen LogP contribution in [0.4, 0.5) is 5.69 Å². The van der Waals surface area contributed by atoms with Crippen molar-refractivity contribution in [3.8, 4) is 11.5 Å². The number of nitrogens with zero attached hydrogens (tertiary/aromatic N) is 2. The number of hydrogen-bond donors (Lipinski definition) is 2. The normalized spacial score (nSPS) is 11.0. The van der Waals surface area contributed by atoms with Crippen LogP contribution in [-0.4, -0.2) is 31.1 Å². The molecule has 3 aromatic rings. The Bertz CT molecular complexity index is 1020. The molecule has 0 bridgehead atoms. The maximum Gasteiger partial charge on any atom is 0.258 e. The van der Waals surface area contributed by atoms with Crippen LogP contribution in [0.1, 0.15) is 15.9 Å². The average Bonchev–Trinajstić information content (AvgIpc) is 2.77. The molecule has 0 spiro atoms. The molecule has 0 saturated carbocycles. The van der Waals surface area contributed by atoms with Gasteiger partial charge in [-0.3, -0.25) is 15.1 Å². The maximum atomic E-state index is 12.9. The molecule has 154 valence electrons. The van der Waals surface area contributed by atoms with Gasteiger partial charge >= 0.3 is 0 Å². The van der Waals surface area contributed by atoms with Crippen LogP contribution in [0.25, 0.3) is 0 Å². The molecule has 0 fully saturated rings. The first-order chi connectivity index (χ1) is 14.6. The van der Waals surface area contributed by atoms with Gasteiger partial charge in [0.05, 0.1) is 20.8 Å². The van der Waals surface area contributed by atoms with Crippen molar-refractivity contribution in [1.29, 1.82) is 0 Å². The third kappa shape index (κ3) is 6.05. The average molecular weight is 469 g/mol. The Balaban J connectivity index is 1.85. The van der Waals surface area contributed by atoms with E-state index in [9.17, 15) is 4.79 Å². The molecule has 0 unspecified atom stereocenters. The topological polar surface area (TPSA) is 84.8 Å². The monoisotopic (exact) mass is 468 g/mol. The van der Waals surface area contributed by atoms with E-state index in [0.717, 1.165) is 15.7 Å². The molecule has 0 aliphatic rings. The van der Waals surface area contributed by atoms with E-state index < -0.39 is 0 Å². The SMILES string of the molecule is COc1cc(OC)cc(C(=O)NC(=NCc2cccnc2)Nc2cccc(Br)c2)c1. The van der Waals surface area contributed by atoms with Crippen LogP contribution in [0.5, 0.6) is 11.5 Å². The lowest BCUT2D eigenvalue weighted by molar-refractivity contribution is 0.0976. The smallest absolute Gasteiger partial charge is 0.258 e. The minimum atomic E-state index is -0.348. The molecule has 2 aromatic carbocycles. The summed E-state index contributed by atoms with van der Waals surface area (Å²) in [4.78, 5) is 21.5. The van der Waals surface area contributed by atoms with Crippen LogP contribution in [-0.2, 0) is 6.54 Å². The van der Waals surface area contributed by atoms with Crippen molar-refractivity contribution in [2.24, 2.45) is 4.99 Å². The molecule has 0 atom stereocenters. The number of hydrogen-bond acceptors (Lipinski definition) is 5. The van der Waals surface area contributed by atoms with Gasteiger partial charge in [-0.2, -0.15) is 0 Å². The fourth-order valence-electron chi connectivity index (χ4n) is 2.59. The second kappa shape index (κ2) is 10.4. The van der Waals surface area contributed by atoms with Crippen molar-refractivity contribution < 1.29 is 14.3 Å². The fourth-order valence-corrected chi connectivity index (χ4v) is 2.99. The van der Waals surface area contributed by atoms with E-state index in [1.165, 1.54) is 14.2 Å². The van der Waals surface area contributed by atoms with Crippen LogP contribution in [0, 0.1) is 0 Å². The van der Waals surface area contributed by atoms with Crippen molar-refractivity contribution in [3.05, 3.63) is 82.6 Å². The van der Waals surface area contributed by atoms with Gasteiger partial charge in [0.1, 0.15) is 11.5 Å². The Hall–Kier alpha value is -3.39. The van der Waals surface area contributed by atoms with Crippen molar-refractivity contribution in [1.82, 2.24) is 10.3 Å². The summed E-state index contributed by atoms with van der Waals surface area (Å²) in [5.41, 5.74) is 2.08. The second-order valence-electron chi connectivity index (χ2n) is 6.22. The number of nitrogens with one attached hydrogen (secondary N) is 2. The predicted octanol–water partition coefficient (Wildman–Crippen LogP) is 4.26. The number of amides is 1. The van der Waals surface area contributed by atoms with Gasteiger partial charge in [-0.15, -0.1) is 0 Å². The molecule has 0 saturated heterocycles. The molecule has 1 aromatic heterocycles. The van der Waals surface area contributed by atoms with Crippen molar-refractivity contribution >= 4 is 33.5 Å². The Morgan fingerprint density at radius 2 is 1.83 bits per heavy atom. The summed E-state index contributed by atoms with van der Waals surface area (Å²) < 4.78 is 11.4. The van der Waals surface area contributed by atoms with Crippen molar-refractivity contribution in [3.63, 3.8) is 0 Å². The third-order valence-corrected chi connectivity index (χ3v) is 4.57. The number of benzene rings is 2. The van der Waals surface area contributed by atoms with E-state index in [2.05, 4.69) is 36.5 Å². The summed E-state index contributed by atoms with van der Waals surface area (Å²) in [6.07, 6.45) is 3.43. The predicted molar refractivity (Wildman–Crippen MR) is 120 cm³/mol. The summed E-state index contributed by atoms with van der Waals surface area (Å²) in [7, 11) is 3.07. The number of carbonyl (C=O) groups is 1. The lowest BCUT2D eigenvalue weighted by atomic mass is 10.2. The lowest BCUT2D eigenvalue weighted by Crippen LogP contribution is -2.36. The van der Waals surface area contributed by atoms with Gasteiger partial charge in [-0.1, -0.05) is 28.1 Å². The molecular weight excluding hydrogens is 448 g/mol. The Morgan fingerprint density at radius 1 is 1.07 bits per heavy atom. The summed E-state index contributed by atoms with van der Waals surface area (Å²) in [6.45, 7) is 0.353. The van der Waals surface area contributed by atoms with Gasteiger partial charge in [0.15, 0.2) is 0 Å². The number of aliphatic imine (C=N–C) groups is 1. The number of rotatable bonds is 6. The Labute approximate surface area is 183 Å². The van der Waals surface area contributed by atoms with Gasteiger partial charge in [0.2, 0.25) is 5.96 Å². The van der Waals surface area contributed by atoms with Crippen LogP contribution < -0.4 is 20.1 Å². The van der Waals surface area contributed by atoms with Gasteiger partial charge in [-0.25, -0.2) is 4.99 Å². The summed E-state index contributed by atoms with van der Waals surface area (Å²) in [5.74, 6) is 1.00. The Morgan fingerprint density at radius 3 is 2.47 bits per heavy atom. The number of methoxy groups -OCH3 is 2. The zero-order valence-corrected chi connectivity index (χ0v) is 18.1. The molecule has 1 heterocycles. The first kappa shape index (κ1) is 21.3. The van der Waals surface area contributed by atoms with E-state index in [4.69, 9.17) is 9.47 Å². The summed E-state index contributed by atoms with van der Waals surface area (Å²) >= 11 is 3.44. The molecule has 0 aliphatic heterocycles. The van der Waals surface area contributed by atoms with E-state index in [1.807, 2.05) is 36.4 Å². The zero-order chi connectivity index (χ0) is 21.3. The highest BCUT2D eigenvalue weighted by molar-refractivity contribution is 9.10. The second-order valence-corrected chi connectivity index (χ2v) is 7.13. The number of guanidine groups is 1. The van der Waals surface area contributed by atoms with Gasteiger partial charge in [0, 0.05) is 34.2 Å². The highest BCUT2D eigenvalue weighted by Crippen LogP contribution is 2.22. The van der Waals surface area contributed by atoms with Crippen LogP contribution in [0.2, 0.25) is 0 Å². The number of pyridine rings is 1. The largest absolute Gasteiger partial charge is 0.497 e. The quantitative estimate of drug-likeness (QED) is 0.417. The number of anilines is 1. The van der Waals surface area contributed by atoms with E-state index >= 15 is 0 Å². The first-order valence-electron chi connectivity index (χ1n) is 9.08. The van der Waals surface area contributed by atoms with Gasteiger partial charge in [0.25, 0.3) is 5.91 Å². The molecule has 30 heavy (non-hydrogen) atoms. The molecule has 2 N–H and O–H groups in total.